The van der Waals surface area contributed by atoms with Gasteiger partial charge in [0.2, 0.25) is 0 Å². The summed E-state index contributed by atoms with van der Waals surface area (Å²) in [5, 5.41) is 0. The normalized spacial score (nSPS) is 11.4. The van der Waals surface area contributed by atoms with E-state index in [9.17, 15) is 0 Å². The maximum atomic E-state index is 2.16. The van der Waals surface area contributed by atoms with Gasteiger partial charge in [-0.05, 0) is 27.9 Å². The third-order valence-corrected chi connectivity index (χ3v) is 1.06. The van der Waals surface area contributed by atoms with Crippen molar-refractivity contribution in [3.8, 4) is 0 Å². The largest absolute Gasteiger partial charge is 0.305 e. The molecule has 0 saturated heterocycles. The average Bonchev–Trinajstić information content (AvgIpc) is 1.65. The Labute approximate surface area is 64.2 Å². The second-order valence-electron chi connectivity index (χ2n) is 2.37. The molecule has 0 spiro atoms. The zero-order valence-electron chi connectivity index (χ0n) is 6.64. The van der Waals surface area contributed by atoms with E-state index in [2.05, 4.69) is 38.9 Å². The van der Waals surface area contributed by atoms with Gasteiger partial charge < -0.3 is 4.90 Å². The minimum Gasteiger partial charge on any atom is -0.305 e. The standard InChI is InChI=1S/C7H15N.ClH/c1-5-7(2)6-8(3)4;/h5H,6H2,1-4H3;1H. The number of allylic oxidation sites excluding steroid dienone is 1. The topological polar surface area (TPSA) is 3.24 Å². The molecule has 0 radical (unpaired) electrons. The Morgan fingerprint density at radius 3 is 2.00 bits per heavy atom. The van der Waals surface area contributed by atoms with Gasteiger partial charge in [0.15, 0.2) is 0 Å². The van der Waals surface area contributed by atoms with Crippen LogP contribution in [0.15, 0.2) is 11.6 Å². The number of halogens is 1. The predicted octanol–water partition coefficient (Wildman–Crippen LogP) is 1.94. The van der Waals surface area contributed by atoms with Crippen LogP contribution in [0.1, 0.15) is 13.8 Å². The fourth-order valence-electron chi connectivity index (χ4n) is 0.590. The van der Waals surface area contributed by atoms with Crippen LogP contribution in [0.5, 0.6) is 0 Å². The lowest BCUT2D eigenvalue weighted by molar-refractivity contribution is 0.445. The summed E-state index contributed by atoms with van der Waals surface area (Å²) in [6.07, 6.45) is 2.14. The van der Waals surface area contributed by atoms with Crippen molar-refractivity contribution in [2.75, 3.05) is 20.6 Å². The van der Waals surface area contributed by atoms with Crippen molar-refractivity contribution in [2.45, 2.75) is 13.8 Å². The van der Waals surface area contributed by atoms with Crippen LogP contribution in [-0.2, 0) is 0 Å². The Bertz CT molecular complexity index is 86.9. The highest BCUT2D eigenvalue weighted by atomic mass is 35.5. The molecule has 0 aromatic heterocycles. The van der Waals surface area contributed by atoms with Crippen LogP contribution in [-0.4, -0.2) is 25.5 Å². The van der Waals surface area contributed by atoms with Crippen LogP contribution >= 0.6 is 12.4 Å². The first kappa shape index (κ1) is 11.7. The molecule has 0 heterocycles. The number of nitrogens with zero attached hydrogens (tertiary/aromatic N) is 1. The molecule has 0 amide bonds. The minimum absolute atomic E-state index is 0. The Hall–Kier alpha value is -0.0100. The highest BCUT2D eigenvalue weighted by molar-refractivity contribution is 5.85. The van der Waals surface area contributed by atoms with Gasteiger partial charge in [0, 0.05) is 6.54 Å². The molecule has 0 bridgehead atoms. The molecule has 0 aromatic carbocycles. The van der Waals surface area contributed by atoms with Gasteiger partial charge in [-0.15, -0.1) is 12.4 Å². The van der Waals surface area contributed by atoms with Crippen molar-refractivity contribution >= 4 is 12.4 Å². The predicted molar refractivity (Wildman–Crippen MR) is 45.2 cm³/mol. The van der Waals surface area contributed by atoms with Crippen LogP contribution < -0.4 is 0 Å². The van der Waals surface area contributed by atoms with Crippen molar-refractivity contribution in [1.82, 2.24) is 4.90 Å². The summed E-state index contributed by atoms with van der Waals surface area (Å²) in [4.78, 5) is 2.16. The summed E-state index contributed by atoms with van der Waals surface area (Å²) in [7, 11) is 4.15. The van der Waals surface area contributed by atoms with E-state index >= 15 is 0 Å². The van der Waals surface area contributed by atoms with Gasteiger partial charge in [-0.3, -0.25) is 0 Å². The first-order chi connectivity index (χ1) is 3.66. The molecule has 0 aliphatic carbocycles. The Morgan fingerprint density at radius 2 is 1.89 bits per heavy atom. The van der Waals surface area contributed by atoms with E-state index in [1.54, 1.807) is 0 Å². The summed E-state index contributed by atoms with van der Waals surface area (Å²) in [6, 6.07) is 0. The molecule has 0 aliphatic rings. The second kappa shape index (κ2) is 6.12. The van der Waals surface area contributed by atoms with Crippen molar-refractivity contribution in [2.24, 2.45) is 0 Å². The summed E-state index contributed by atoms with van der Waals surface area (Å²) in [5.41, 5.74) is 1.43. The summed E-state index contributed by atoms with van der Waals surface area (Å²) < 4.78 is 0. The Morgan fingerprint density at radius 1 is 1.44 bits per heavy atom. The third kappa shape index (κ3) is 7.99. The molecule has 56 valence electrons. The highest BCUT2D eigenvalue weighted by Gasteiger charge is 1.87. The maximum Gasteiger partial charge on any atom is 0.0183 e. The average molecular weight is 150 g/mol. The molecule has 0 aliphatic heterocycles. The molecule has 0 saturated carbocycles. The lowest BCUT2D eigenvalue weighted by atomic mass is 10.3. The van der Waals surface area contributed by atoms with Gasteiger partial charge in [0.1, 0.15) is 0 Å². The Kier molecular flexibility index (Phi) is 7.98. The van der Waals surface area contributed by atoms with Crippen LogP contribution in [0.2, 0.25) is 0 Å². The number of likely N-dealkylation sites (N-methyl/N-ethyl adjacent to an activating group) is 1. The van der Waals surface area contributed by atoms with E-state index in [1.807, 2.05) is 0 Å². The van der Waals surface area contributed by atoms with E-state index in [4.69, 9.17) is 0 Å². The van der Waals surface area contributed by atoms with E-state index in [1.165, 1.54) is 5.57 Å². The van der Waals surface area contributed by atoms with E-state index in [0.717, 1.165) is 6.54 Å². The zero-order chi connectivity index (χ0) is 6.57. The van der Waals surface area contributed by atoms with Crippen LogP contribution in [0, 0.1) is 0 Å². The molecule has 0 N–H and O–H groups in total. The molecule has 0 atom stereocenters. The fourth-order valence-corrected chi connectivity index (χ4v) is 0.590. The fraction of sp³-hybridized carbons (Fsp3) is 0.714. The van der Waals surface area contributed by atoms with E-state index < -0.39 is 0 Å². The monoisotopic (exact) mass is 149 g/mol. The van der Waals surface area contributed by atoms with Crippen LogP contribution in [0.25, 0.3) is 0 Å². The zero-order valence-corrected chi connectivity index (χ0v) is 7.46. The summed E-state index contributed by atoms with van der Waals surface area (Å²) in [5.74, 6) is 0. The molecule has 0 unspecified atom stereocenters. The summed E-state index contributed by atoms with van der Waals surface area (Å²) in [6.45, 7) is 5.29. The van der Waals surface area contributed by atoms with E-state index in [-0.39, 0.29) is 12.4 Å². The van der Waals surface area contributed by atoms with Gasteiger partial charge in [-0.1, -0.05) is 11.6 Å². The van der Waals surface area contributed by atoms with Gasteiger partial charge in [0.25, 0.3) is 0 Å². The van der Waals surface area contributed by atoms with Crippen LogP contribution in [0.4, 0.5) is 0 Å². The Balaban J connectivity index is 0. The number of hydrogen-bond acceptors (Lipinski definition) is 1. The molecule has 1 nitrogen and oxygen atoms in total. The van der Waals surface area contributed by atoms with Crippen molar-refractivity contribution in [1.29, 1.82) is 0 Å². The SMILES string of the molecule is CC=C(C)CN(C)C.Cl. The second-order valence-corrected chi connectivity index (χ2v) is 2.37. The lowest BCUT2D eigenvalue weighted by Gasteiger charge is -2.07. The summed E-state index contributed by atoms with van der Waals surface area (Å²) >= 11 is 0. The minimum atomic E-state index is 0. The van der Waals surface area contributed by atoms with Crippen molar-refractivity contribution in [3.63, 3.8) is 0 Å². The highest BCUT2D eigenvalue weighted by Crippen LogP contribution is 1.91. The molecule has 0 rings (SSSR count). The van der Waals surface area contributed by atoms with E-state index in [0.29, 0.717) is 0 Å². The third-order valence-electron chi connectivity index (χ3n) is 1.06. The van der Waals surface area contributed by atoms with Gasteiger partial charge in [-0.2, -0.15) is 0 Å². The van der Waals surface area contributed by atoms with Gasteiger partial charge >= 0.3 is 0 Å². The molecule has 9 heavy (non-hydrogen) atoms. The number of rotatable bonds is 2. The van der Waals surface area contributed by atoms with Crippen LogP contribution in [0.3, 0.4) is 0 Å². The number of hydrogen-bond donors (Lipinski definition) is 0. The van der Waals surface area contributed by atoms with Gasteiger partial charge in [-0.25, -0.2) is 0 Å². The van der Waals surface area contributed by atoms with Gasteiger partial charge in [0.05, 0.1) is 0 Å². The van der Waals surface area contributed by atoms with Crippen molar-refractivity contribution in [3.05, 3.63) is 11.6 Å². The molecular formula is C7H16ClN. The smallest absolute Gasteiger partial charge is 0.0183 e. The van der Waals surface area contributed by atoms with Crippen molar-refractivity contribution < 1.29 is 0 Å². The first-order valence-electron chi connectivity index (χ1n) is 2.93. The molecule has 0 aromatic rings. The maximum absolute atomic E-state index is 2.16. The molecular weight excluding hydrogens is 134 g/mol. The molecule has 2 heteroatoms. The first-order valence-corrected chi connectivity index (χ1v) is 2.93. The molecule has 0 fully saturated rings. The lowest BCUT2D eigenvalue weighted by Crippen LogP contribution is -2.13. The quantitative estimate of drug-likeness (QED) is 0.543.